The van der Waals surface area contributed by atoms with E-state index in [9.17, 15) is 14.4 Å². The zero-order valence-corrected chi connectivity index (χ0v) is 17.6. The van der Waals surface area contributed by atoms with Gasteiger partial charge in [0.2, 0.25) is 5.13 Å². The number of hydrogen-bond donors (Lipinski definition) is 1. The number of hydrogen-bond acceptors (Lipinski definition) is 6. The molecule has 1 aliphatic carbocycles. The summed E-state index contributed by atoms with van der Waals surface area (Å²) in [6.07, 6.45) is 3.45. The maximum atomic E-state index is 13.6. The van der Waals surface area contributed by atoms with Crippen LogP contribution >= 0.6 is 22.9 Å². The predicted octanol–water partition coefficient (Wildman–Crippen LogP) is 5.07. The summed E-state index contributed by atoms with van der Waals surface area (Å²) in [7, 11) is 1.19. The summed E-state index contributed by atoms with van der Waals surface area (Å²) in [4.78, 5) is 16.9. The Labute approximate surface area is 181 Å². The fraction of sp³-hybridized carbons (Fsp3) is 0.190. The van der Waals surface area contributed by atoms with Gasteiger partial charge in [-0.1, -0.05) is 29.8 Å². The quantitative estimate of drug-likeness (QED) is 0.327. The summed E-state index contributed by atoms with van der Waals surface area (Å²) in [5.41, 5.74) is 2.03. The number of hydroxylamine groups is 2. The summed E-state index contributed by atoms with van der Waals surface area (Å²) in [6.45, 7) is 0. The number of thiazole rings is 1. The molecule has 4 rings (SSSR count). The van der Waals surface area contributed by atoms with Crippen LogP contribution in [-0.2, 0) is 0 Å². The van der Waals surface area contributed by atoms with Crippen LogP contribution in [0.4, 0.5) is 9.52 Å². The van der Waals surface area contributed by atoms with Gasteiger partial charge in [-0.05, 0) is 37.1 Å². The molecule has 1 N–H and O–H groups in total. The SMILES string of the molecule is CN(O)C(=O)c1cc(F)ccc1/C=N/N(c1nc(-c2ccccc2Cl)cs1)C1CC1. The van der Waals surface area contributed by atoms with Crippen LogP contribution in [0, 0.1) is 5.82 Å². The Bertz CT molecular complexity index is 1110. The summed E-state index contributed by atoms with van der Waals surface area (Å²) in [5.74, 6) is -1.29. The minimum atomic E-state index is -0.718. The van der Waals surface area contributed by atoms with Crippen LogP contribution in [0.5, 0.6) is 0 Å². The number of amides is 1. The predicted molar refractivity (Wildman–Crippen MR) is 116 cm³/mol. The number of carbonyl (C=O) groups is 1. The first-order valence-corrected chi connectivity index (χ1v) is 10.5. The van der Waals surface area contributed by atoms with E-state index in [1.807, 2.05) is 34.7 Å². The molecule has 154 valence electrons. The molecular formula is C21H18ClFN4O2S. The molecule has 1 heterocycles. The van der Waals surface area contributed by atoms with Gasteiger partial charge in [0.05, 0.1) is 23.5 Å². The average molecular weight is 445 g/mol. The lowest BCUT2D eigenvalue weighted by Crippen LogP contribution is -2.24. The summed E-state index contributed by atoms with van der Waals surface area (Å²) < 4.78 is 13.6. The van der Waals surface area contributed by atoms with Crippen LogP contribution in [0.2, 0.25) is 5.02 Å². The van der Waals surface area contributed by atoms with Crippen molar-refractivity contribution in [3.05, 3.63) is 69.8 Å². The van der Waals surface area contributed by atoms with Gasteiger partial charge >= 0.3 is 0 Å². The molecule has 30 heavy (non-hydrogen) atoms. The van der Waals surface area contributed by atoms with Crippen LogP contribution < -0.4 is 5.01 Å². The lowest BCUT2D eigenvalue weighted by Gasteiger charge is -2.15. The monoisotopic (exact) mass is 444 g/mol. The van der Waals surface area contributed by atoms with Crippen molar-refractivity contribution < 1.29 is 14.4 Å². The highest BCUT2D eigenvalue weighted by Gasteiger charge is 2.31. The van der Waals surface area contributed by atoms with Crippen molar-refractivity contribution >= 4 is 40.2 Å². The normalized spacial score (nSPS) is 13.6. The Kier molecular flexibility index (Phi) is 5.80. The second kappa shape index (κ2) is 8.51. The molecule has 0 aliphatic heterocycles. The van der Waals surface area contributed by atoms with Gasteiger partial charge in [-0.25, -0.2) is 19.4 Å². The molecule has 1 aromatic heterocycles. The van der Waals surface area contributed by atoms with Crippen LogP contribution in [0.25, 0.3) is 11.3 Å². The van der Waals surface area contributed by atoms with E-state index in [0.717, 1.165) is 30.2 Å². The molecule has 0 bridgehead atoms. The van der Waals surface area contributed by atoms with E-state index in [0.29, 0.717) is 20.8 Å². The van der Waals surface area contributed by atoms with Crippen LogP contribution in [0.3, 0.4) is 0 Å². The van der Waals surface area contributed by atoms with Crippen molar-refractivity contribution in [2.75, 3.05) is 12.1 Å². The highest BCUT2D eigenvalue weighted by molar-refractivity contribution is 7.14. The first-order chi connectivity index (χ1) is 14.4. The van der Waals surface area contributed by atoms with Gasteiger partial charge in [0.15, 0.2) is 0 Å². The number of hydrazone groups is 1. The third-order valence-corrected chi connectivity index (χ3v) is 5.75. The molecule has 1 fully saturated rings. The zero-order chi connectivity index (χ0) is 21.3. The number of halogens is 2. The molecule has 0 saturated heterocycles. The first-order valence-electron chi connectivity index (χ1n) is 9.24. The van der Waals surface area contributed by atoms with Gasteiger partial charge in [0.1, 0.15) is 5.82 Å². The van der Waals surface area contributed by atoms with E-state index in [1.165, 1.54) is 36.7 Å². The topological polar surface area (TPSA) is 69.0 Å². The number of rotatable bonds is 6. The number of nitrogens with zero attached hydrogens (tertiary/aromatic N) is 4. The van der Waals surface area contributed by atoms with Crippen molar-refractivity contribution in [3.63, 3.8) is 0 Å². The molecule has 9 heteroatoms. The zero-order valence-electron chi connectivity index (χ0n) is 16.0. The molecule has 0 radical (unpaired) electrons. The summed E-state index contributed by atoms with van der Waals surface area (Å²) in [5, 5.41) is 19.5. The number of anilines is 1. The van der Waals surface area contributed by atoms with Crippen molar-refractivity contribution in [2.45, 2.75) is 18.9 Å². The van der Waals surface area contributed by atoms with E-state index in [1.54, 1.807) is 0 Å². The summed E-state index contributed by atoms with van der Waals surface area (Å²) >= 11 is 7.73. The average Bonchev–Trinajstić information content (AvgIpc) is 3.45. The molecule has 0 atom stereocenters. The Morgan fingerprint density at radius 3 is 2.80 bits per heavy atom. The van der Waals surface area contributed by atoms with E-state index < -0.39 is 11.7 Å². The van der Waals surface area contributed by atoms with Crippen LogP contribution in [-0.4, -0.2) is 40.5 Å². The maximum Gasteiger partial charge on any atom is 0.277 e. The molecule has 1 amide bonds. The molecule has 2 aromatic carbocycles. The molecular weight excluding hydrogens is 427 g/mol. The molecule has 1 aliphatic rings. The fourth-order valence-electron chi connectivity index (χ4n) is 2.91. The standard InChI is InChI=1S/C21H18ClFN4O2S/c1-26(29)20(28)17-10-14(23)7-6-13(17)11-24-27(15-8-9-15)21-25-19(12-30-21)16-4-2-3-5-18(16)22/h2-7,10-12,15,29H,8-9H2,1H3/b24-11+. The second-order valence-electron chi connectivity index (χ2n) is 6.88. The van der Waals surface area contributed by atoms with Gasteiger partial charge in [-0.2, -0.15) is 5.10 Å². The number of carbonyl (C=O) groups excluding carboxylic acids is 1. The first kappa shape index (κ1) is 20.5. The van der Waals surface area contributed by atoms with E-state index in [-0.39, 0.29) is 11.6 Å². The Morgan fingerprint density at radius 1 is 1.33 bits per heavy atom. The van der Waals surface area contributed by atoms with E-state index >= 15 is 0 Å². The fourth-order valence-corrected chi connectivity index (χ4v) is 3.99. The van der Waals surface area contributed by atoms with Gasteiger partial charge in [0.25, 0.3) is 5.91 Å². The van der Waals surface area contributed by atoms with Crippen LogP contribution in [0.1, 0.15) is 28.8 Å². The minimum absolute atomic E-state index is 0.0235. The Morgan fingerprint density at radius 2 is 2.10 bits per heavy atom. The van der Waals surface area contributed by atoms with Crippen molar-refractivity contribution in [3.8, 4) is 11.3 Å². The third-order valence-electron chi connectivity index (χ3n) is 4.59. The maximum absolute atomic E-state index is 13.6. The lowest BCUT2D eigenvalue weighted by atomic mass is 10.1. The molecule has 6 nitrogen and oxygen atoms in total. The lowest BCUT2D eigenvalue weighted by molar-refractivity contribution is -0.0375. The molecule has 0 spiro atoms. The van der Waals surface area contributed by atoms with Crippen molar-refractivity contribution in [1.29, 1.82) is 0 Å². The van der Waals surface area contributed by atoms with Gasteiger partial charge in [0, 0.05) is 28.6 Å². The molecule has 0 unspecified atom stereocenters. The number of benzene rings is 2. The smallest absolute Gasteiger partial charge is 0.277 e. The van der Waals surface area contributed by atoms with Gasteiger partial charge in [-0.3, -0.25) is 10.0 Å². The van der Waals surface area contributed by atoms with Gasteiger partial charge in [-0.15, -0.1) is 11.3 Å². The van der Waals surface area contributed by atoms with Crippen molar-refractivity contribution in [1.82, 2.24) is 10.0 Å². The Balaban J connectivity index is 1.64. The number of aromatic nitrogens is 1. The van der Waals surface area contributed by atoms with Gasteiger partial charge < -0.3 is 0 Å². The highest BCUT2D eigenvalue weighted by atomic mass is 35.5. The highest BCUT2D eigenvalue weighted by Crippen LogP contribution is 2.37. The van der Waals surface area contributed by atoms with Crippen molar-refractivity contribution in [2.24, 2.45) is 5.10 Å². The largest absolute Gasteiger partial charge is 0.286 e. The minimum Gasteiger partial charge on any atom is -0.286 e. The van der Waals surface area contributed by atoms with Crippen LogP contribution in [0.15, 0.2) is 52.9 Å². The van der Waals surface area contributed by atoms with E-state index in [2.05, 4.69) is 10.1 Å². The second-order valence-corrected chi connectivity index (χ2v) is 8.12. The molecule has 1 saturated carbocycles. The third kappa shape index (κ3) is 4.35. The molecule has 3 aromatic rings. The van der Waals surface area contributed by atoms with E-state index in [4.69, 9.17) is 11.6 Å². The summed E-state index contributed by atoms with van der Waals surface area (Å²) in [6, 6.07) is 11.5. The Hall–Kier alpha value is -2.81.